The molecule has 0 aliphatic carbocycles. The van der Waals surface area contributed by atoms with Gasteiger partial charge in [-0.25, -0.2) is 9.18 Å². The van der Waals surface area contributed by atoms with Crippen molar-refractivity contribution in [3.05, 3.63) is 65.0 Å². The third-order valence-corrected chi connectivity index (χ3v) is 2.87. The fourth-order valence-electron chi connectivity index (χ4n) is 1.89. The van der Waals surface area contributed by atoms with E-state index in [1.54, 1.807) is 30.3 Å². The maximum absolute atomic E-state index is 13.4. The van der Waals surface area contributed by atoms with E-state index in [1.807, 2.05) is 0 Å². The number of hydrogen-bond donors (Lipinski definition) is 2. The molecule has 0 aromatic heterocycles. The number of rotatable bonds is 5. The predicted molar refractivity (Wildman–Crippen MR) is 72.7 cm³/mol. The Bertz CT molecular complexity index is 628. The summed E-state index contributed by atoms with van der Waals surface area (Å²) in [6.45, 7) is 0.127. The molecule has 0 fully saturated rings. The van der Waals surface area contributed by atoms with Gasteiger partial charge in [0.2, 0.25) is 0 Å². The van der Waals surface area contributed by atoms with Crippen LogP contribution < -0.4 is 5.73 Å². The van der Waals surface area contributed by atoms with Gasteiger partial charge in [0.15, 0.2) is 0 Å². The quantitative estimate of drug-likeness (QED) is 0.823. The van der Waals surface area contributed by atoms with E-state index < -0.39 is 5.97 Å². The van der Waals surface area contributed by atoms with Crippen molar-refractivity contribution in [2.24, 2.45) is 0 Å². The van der Waals surface area contributed by atoms with Crippen LogP contribution in [0.25, 0.3) is 0 Å². The Morgan fingerprint density at radius 2 is 1.75 bits per heavy atom. The summed E-state index contributed by atoms with van der Waals surface area (Å²) in [6.07, 6.45) is 0. The third-order valence-electron chi connectivity index (χ3n) is 2.87. The highest BCUT2D eigenvalue weighted by Crippen LogP contribution is 2.18. The van der Waals surface area contributed by atoms with Gasteiger partial charge in [-0.1, -0.05) is 30.3 Å². The maximum atomic E-state index is 13.4. The Morgan fingerprint density at radius 3 is 2.45 bits per heavy atom. The van der Waals surface area contributed by atoms with Crippen LogP contribution in [0.15, 0.2) is 42.5 Å². The van der Waals surface area contributed by atoms with Crippen molar-refractivity contribution in [2.45, 2.75) is 13.2 Å². The van der Waals surface area contributed by atoms with Crippen LogP contribution >= 0.6 is 0 Å². The SMILES string of the molecule is Nc1cccc(COCc2ccccc2F)c1C(=O)O. The van der Waals surface area contributed by atoms with Crippen LogP contribution in [0.5, 0.6) is 0 Å². The molecule has 0 spiro atoms. The van der Waals surface area contributed by atoms with Crippen LogP contribution in [0, 0.1) is 5.82 Å². The van der Waals surface area contributed by atoms with Crippen LogP contribution in [0.4, 0.5) is 10.1 Å². The molecule has 0 heterocycles. The zero-order chi connectivity index (χ0) is 14.5. The number of hydrogen-bond acceptors (Lipinski definition) is 3. The summed E-state index contributed by atoms with van der Waals surface area (Å²) in [4.78, 5) is 11.1. The zero-order valence-electron chi connectivity index (χ0n) is 10.7. The van der Waals surface area contributed by atoms with E-state index in [0.29, 0.717) is 11.1 Å². The average molecular weight is 275 g/mol. The lowest BCUT2D eigenvalue weighted by Crippen LogP contribution is -2.08. The molecule has 0 unspecified atom stereocenters. The van der Waals surface area contributed by atoms with Crippen LogP contribution in [0.3, 0.4) is 0 Å². The fraction of sp³-hybridized carbons (Fsp3) is 0.133. The van der Waals surface area contributed by atoms with Gasteiger partial charge in [0.05, 0.1) is 18.8 Å². The number of ether oxygens (including phenoxy) is 1. The first-order chi connectivity index (χ1) is 9.59. The van der Waals surface area contributed by atoms with Gasteiger partial charge in [0, 0.05) is 11.3 Å². The number of carboxylic acids is 1. The van der Waals surface area contributed by atoms with Crippen LogP contribution in [0.1, 0.15) is 21.5 Å². The van der Waals surface area contributed by atoms with Crippen molar-refractivity contribution >= 4 is 11.7 Å². The van der Waals surface area contributed by atoms with E-state index in [4.69, 9.17) is 15.6 Å². The van der Waals surface area contributed by atoms with E-state index in [9.17, 15) is 9.18 Å². The van der Waals surface area contributed by atoms with E-state index >= 15 is 0 Å². The Labute approximate surface area is 115 Å². The zero-order valence-corrected chi connectivity index (χ0v) is 10.7. The smallest absolute Gasteiger partial charge is 0.338 e. The van der Waals surface area contributed by atoms with Gasteiger partial charge in [-0.15, -0.1) is 0 Å². The van der Waals surface area contributed by atoms with E-state index in [0.717, 1.165) is 0 Å². The third kappa shape index (κ3) is 3.13. The lowest BCUT2D eigenvalue weighted by molar-refractivity contribution is 0.0685. The second kappa shape index (κ2) is 6.16. The molecule has 0 saturated carbocycles. The Morgan fingerprint density at radius 1 is 1.10 bits per heavy atom. The topological polar surface area (TPSA) is 72.5 Å². The summed E-state index contributed by atoms with van der Waals surface area (Å²) in [5.74, 6) is -1.45. The Hall–Kier alpha value is -2.40. The molecule has 4 nitrogen and oxygen atoms in total. The molecular formula is C15H14FNO3. The number of nitrogens with two attached hydrogens (primary N) is 1. The molecule has 2 aromatic rings. The number of anilines is 1. The molecule has 0 atom stereocenters. The summed E-state index contributed by atoms with van der Waals surface area (Å²) in [7, 11) is 0. The predicted octanol–water partition coefficient (Wildman–Crippen LogP) is 2.82. The number of carboxylic acid groups (broad SMARTS) is 1. The van der Waals surface area contributed by atoms with Crippen molar-refractivity contribution in [3.8, 4) is 0 Å². The molecule has 3 N–H and O–H groups in total. The highest BCUT2D eigenvalue weighted by Gasteiger charge is 2.13. The van der Waals surface area contributed by atoms with Gasteiger partial charge in [-0.2, -0.15) is 0 Å². The molecule has 0 aliphatic heterocycles. The van der Waals surface area contributed by atoms with Gasteiger partial charge in [-0.05, 0) is 17.7 Å². The molecule has 0 bridgehead atoms. The molecular weight excluding hydrogens is 261 g/mol. The standard InChI is InChI=1S/C15H14FNO3/c16-12-6-2-1-4-10(12)8-20-9-11-5-3-7-13(17)14(11)15(18)19/h1-7H,8-9,17H2,(H,18,19). The summed E-state index contributed by atoms with van der Waals surface area (Å²) in [6, 6.07) is 11.1. The molecule has 2 aromatic carbocycles. The minimum absolute atomic E-state index is 0.0287. The summed E-state index contributed by atoms with van der Waals surface area (Å²) in [5.41, 5.74) is 6.74. The van der Waals surface area contributed by atoms with Gasteiger partial charge in [0.1, 0.15) is 5.82 Å². The van der Waals surface area contributed by atoms with E-state index in [2.05, 4.69) is 0 Å². The molecule has 20 heavy (non-hydrogen) atoms. The highest BCUT2D eigenvalue weighted by atomic mass is 19.1. The first-order valence-electron chi connectivity index (χ1n) is 6.01. The maximum Gasteiger partial charge on any atom is 0.338 e. The largest absolute Gasteiger partial charge is 0.478 e. The molecule has 2 rings (SSSR count). The number of carbonyl (C=O) groups is 1. The van der Waals surface area contributed by atoms with Crippen molar-refractivity contribution < 1.29 is 19.0 Å². The normalized spacial score (nSPS) is 10.4. The van der Waals surface area contributed by atoms with Crippen LogP contribution in [-0.4, -0.2) is 11.1 Å². The number of halogens is 1. The monoisotopic (exact) mass is 275 g/mol. The van der Waals surface area contributed by atoms with Gasteiger partial charge in [-0.3, -0.25) is 0 Å². The highest BCUT2D eigenvalue weighted by molar-refractivity contribution is 5.95. The van der Waals surface area contributed by atoms with Crippen molar-refractivity contribution in [2.75, 3.05) is 5.73 Å². The number of aromatic carboxylic acids is 1. The lowest BCUT2D eigenvalue weighted by atomic mass is 10.1. The summed E-state index contributed by atoms with van der Waals surface area (Å²) in [5, 5.41) is 9.11. The van der Waals surface area contributed by atoms with Crippen LogP contribution in [-0.2, 0) is 18.0 Å². The second-order valence-corrected chi connectivity index (χ2v) is 4.27. The van der Waals surface area contributed by atoms with E-state index in [1.165, 1.54) is 12.1 Å². The van der Waals surface area contributed by atoms with Crippen molar-refractivity contribution in [1.29, 1.82) is 0 Å². The number of benzene rings is 2. The molecule has 0 saturated heterocycles. The number of nitrogen functional groups attached to an aromatic ring is 1. The first-order valence-corrected chi connectivity index (χ1v) is 6.01. The van der Waals surface area contributed by atoms with E-state index in [-0.39, 0.29) is 30.3 Å². The van der Waals surface area contributed by atoms with Gasteiger partial charge in [0.25, 0.3) is 0 Å². The minimum Gasteiger partial charge on any atom is -0.478 e. The van der Waals surface area contributed by atoms with Gasteiger partial charge < -0.3 is 15.6 Å². The first kappa shape index (κ1) is 14.0. The van der Waals surface area contributed by atoms with Gasteiger partial charge >= 0.3 is 5.97 Å². The molecule has 5 heteroatoms. The van der Waals surface area contributed by atoms with Crippen molar-refractivity contribution in [1.82, 2.24) is 0 Å². The molecule has 0 amide bonds. The van der Waals surface area contributed by atoms with Crippen LogP contribution in [0.2, 0.25) is 0 Å². The minimum atomic E-state index is -1.10. The van der Waals surface area contributed by atoms with Crippen molar-refractivity contribution in [3.63, 3.8) is 0 Å². The molecule has 0 radical (unpaired) electrons. The lowest BCUT2D eigenvalue weighted by Gasteiger charge is -2.10. The average Bonchev–Trinajstić information content (AvgIpc) is 2.40. The Kier molecular flexibility index (Phi) is 4.32. The fourth-order valence-corrected chi connectivity index (χ4v) is 1.89. The Balaban J connectivity index is 2.07. The summed E-state index contributed by atoms with van der Waals surface area (Å²) >= 11 is 0. The molecule has 0 aliphatic rings. The summed E-state index contributed by atoms with van der Waals surface area (Å²) < 4.78 is 18.8. The second-order valence-electron chi connectivity index (χ2n) is 4.27. The molecule has 104 valence electrons.